The molecule has 2 rings (SSSR count). The van der Waals surface area contributed by atoms with Crippen LogP contribution in [0.15, 0.2) is 12.1 Å². The van der Waals surface area contributed by atoms with E-state index >= 15 is 0 Å². The quantitative estimate of drug-likeness (QED) is 0.885. The van der Waals surface area contributed by atoms with Gasteiger partial charge in [-0.3, -0.25) is 0 Å². The molecule has 3 nitrogen and oxygen atoms in total. The summed E-state index contributed by atoms with van der Waals surface area (Å²) in [6.45, 7) is 2.72. The van der Waals surface area contributed by atoms with Gasteiger partial charge in [-0.25, -0.2) is 8.78 Å². The number of fused-ring (bicyclic) bond motifs is 1. The van der Waals surface area contributed by atoms with Crippen molar-refractivity contribution in [3.05, 3.63) is 17.7 Å². The second-order valence-corrected chi connectivity index (χ2v) is 4.80. The van der Waals surface area contributed by atoms with Gasteiger partial charge in [-0.2, -0.15) is 0 Å². The largest absolute Gasteiger partial charge is 0.504 e. The van der Waals surface area contributed by atoms with Crippen LogP contribution in [0.5, 0.6) is 17.2 Å². The highest BCUT2D eigenvalue weighted by atomic mass is 19.3. The molecule has 1 aliphatic rings. The van der Waals surface area contributed by atoms with Gasteiger partial charge < -0.3 is 14.6 Å². The van der Waals surface area contributed by atoms with E-state index in [9.17, 15) is 13.9 Å². The van der Waals surface area contributed by atoms with Gasteiger partial charge in [0.1, 0.15) is 5.75 Å². The van der Waals surface area contributed by atoms with Crippen molar-refractivity contribution in [1.29, 1.82) is 0 Å². The Labute approximate surface area is 104 Å². The fourth-order valence-electron chi connectivity index (χ4n) is 2.48. The number of phenols is 1. The molecule has 0 aliphatic carbocycles. The van der Waals surface area contributed by atoms with Gasteiger partial charge in [-0.05, 0) is 18.1 Å². The van der Waals surface area contributed by atoms with Crippen LogP contribution >= 0.6 is 0 Å². The van der Waals surface area contributed by atoms with Crippen molar-refractivity contribution in [2.75, 3.05) is 13.7 Å². The van der Waals surface area contributed by atoms with Crippen LogP contribution in [0.1, 0.15) is 25.3 Å². The van der Waals surface area contributed by atoms with Crippen LogP contribution in [0.3, 0.4) is 0 Å². The fraction of sp³-hybridized carbons (Fsp3) is 0.538. The van der Waals surface area contributed by atoms with Crippen molar-refractivity contribution in [3.63, 3.8) is 0 Å². The van der Waals surface area contributed by atoms with Crippen molar-refractivity contribution >= 4 is 0 Å². The summed E-state index contributed by atoms with van der Waals surface area (Å²) in [4.78, 5) is 0. The van der Waals surface area contributed by atoms with Gasteiger partial charge in [0, 0.05) is 5.56 Å². The lowest BCUT2D eigenvalue weighted by Crippen LogP contribution is -2.40. The van der Waals surface area contributed by atoms with E-state index in [1.807, 2.05) is 0 Å². The molecule has 5 heteroatoms. The molecule has 1 atom stereocenters. The molecule has 100 valence electrons. The molecule has 0 saturated carbocycles. The summed E-state index contributed by atoms with van der Waals surface area (Å²) in [5.74, 6) is -3.99. The predicted octanol–water partition coefficient (Wildman–Crippen LogP) is 3.17. The number of aromatic hydroxyl groups is 1. The second kappa shape index (κ2) is 4.30. The standard InChI is InChI=1S/C13H16F2O3/c1-7(2)11-10-9(17-3)5-4-8(16)12(10)18-6-13(11,14)15/h4-5,7,11,16H,6H2,1-3H3. The zero-order valence-electron chi connectivity index (χ0n) is 10.5. The van der Waals surface area contributed by atoms with Crippen molar-refractivity contribution in [2.24, 2.45) is 5.92 Å². The maximum Gasteiger partial charge on any atom is 0.288 e. The van der Waals surface area contributed by atoms with Crippen LogP contribution in [-0.2, 0) is 0 Å². The highest BCUT2D eigenvalue weighted by molar-refractivity contribution is 5.57. The van der Waals surface area contributed by atoms with Crippen LogP contribution in [0.2, 0.25) is 0 Å². The summed E-state index contributed by atoms with van der Waals surface area (Å²) in [5, 5.41) is 9.72. The maximum atomic E-state index is 14.0. The van der Waals surface area contributed by atoms with Gasteiger partial charge in [0.15, 0.2) is 18.1 Å². The Bertz CT molecular complexity index is 458. The summed E-state index contributed by atoms with van der Waals surface area (Å²) < 4.78 is 38.1. The van der Waals surface area contributed by atoms with Gasteiger partial charge in [0.25, 0.3) is 5.92 Å². The first-order valence-corrected chi connectivity index (χ1v) is 5.79. The number of hydrogen-bond acceptors (Lipinski definition) is 3. The maximum absolute atomic E-state index is 14.0. The third-order valence-electron chi connectivity index (χ3n) is 3.20. The lowest BCUT2D eigenvalue weighted by atomic mass is 9.81. The monoisotopic (exact) mass is 258 g/mol. The molecule has 0 saturated heterocycles. The molecule has 0 radical (unpaired) electrons. The lowest BCUT2D eigenvalue weighted by molar-refractivity contribution is -0.0894. The molecule has 1 aromatic carbocycles. The molecule has 1 aliphatic heterocycles. The predicted molar refractivity (Wildman–Crippen MR) is 62.7 cm³/mol. The van der Waals surface area contributed by atoms with Crippen LogP contribution in [0, 0.1) is 5.92 Å². The fourth-order valence-corrected chi connectivity index (χ4v) is 2.48. The normalized spacial score (nSPS) is 21.3. The third kappa shape index (κ3) is 1.87. The van der Waals surface area contributed by atoms with E-state index in [0.29, 0.717) is 5.75 Å². The Morgan fingerprint density at radius 1 is 1.44 bits per heavy atom. The number of halogens is 2. The summed E-state index contributed by atoms with van der Waals surface area (Å²) in [6.07, 6.45) is 0. The van der Waals surface area contributed by atoms with E-state index in [1.54, 1.807) is 13.8 Å². The van der Waals surface area contributed by atoms with E-state index in [1.165, 1.54) is 19.2 Å². The Balaban J connectivity index is 2.65. The highest BCUT2D eigenvalue weighted by Crippen LogP contribution is 2.53. The molecule has 1 heterocycles. The van der Waals surface area contributed by atoms with Gasteiger partial charge in [-0.1, -0.05) is 13.8 Å². The molecule has 1 aromatic rings. The Hall–Kier alpha value is -1.52. The molecular formula is C13H16F2O3. The van der Waals surface area contributed by atoms with Crippen LogP contribution < -0.4 is 9.47 Å². The number of methoxy groups -OCH3 is 1. The van der Waals surface area contributed by atoms with Crippen LogP contribution in [-0.4, -0.2) is 24.7 Å². The number of ether oxygens (including phenoxy) is 2. The summed E-state index contributed by atoms with van der Waals surface area (Å²) in [6, 6.07) is 2.87. The summed E-state index contributed by atoms with van der Waals surface area (Å²) >= 11 is 0. The van der Waals surface area contributed by atoms with Crippen molar-refractivity contribution < 1.29 is 23.4 Å². The topological polar surface area (TPSA) is 38.7 Å². The number of benzene rings is 1. The van der Waals surface area contributed by atoms with E-state index < -0.39 is 18.4 Å². The Morgan fingerprint density at radius 3 is 2.67 bits per heavy atom. The van der Waals surface area contributed by atoms with Crippen molar-refractivity contribution in [2.45, 2.75) is 25.7 Å². The third-order valence-corrected chi connectivity index (χ3v) is 3.20. The molecule has 0 fully saturated rings. The molecule has 1 unspecified atom stereocenters. The van der Waals surface area contributed by atoms with Crippen molar-refractivity contribution in [3.8, 4) is 17.2 Å². The van der Waals surface area contributed by atoms with Crippen LogP contribution in [0.25, 0.3) is 0 Å². The first kappa shape index (κ1) is 12.9. The molecule has 18 heavy (non-hydrogen) atoms. The lowest BCUT2D eigenvalue weighted by Gasteiger charge is -2.36. The smallest absolute Gasteiger partial charge is 0.288 e. The molecule has 1 N–H and O–H groups in total. The van der Waals surface area contributed by atoms with Gasteiger partial charge in [-0.15, -0.1) is 0 Å². The summed E-state index contributed by atoms with van der Waals surface area (Å²) in [7, 11) is 1.41. The van der Waals surface area contributed by atoms with Crippen LogP contribution in [0.4, 0.5) is 8.78 Å². The first-order chi connectivity index (χ1) is 8.38. The van der Waals surface area contributed by atoms with Crippen molar-refractivity contribution in [1.82, 2.24) is 0 Å². The first-order valence-electron chi connectivity index (χ1n) is 5.79. The average molecular weight is 258 g/mol. The molecule has 0 aromatic heterocycles. The number of hydrogen-bond donors (Lipinski definition) is 1. The SMILES string of the molecule is COc1ccc(O)c2c1C(C(C)C)C(F)(F)CO2. The Kier molecular flexibility index (Phi) is 3.09. The zero-order chi connectivity index (χ0) is 13.5. The number of phenolic OH excluding ortho intramolecular Hbond substituents is 1. The number of rotatable bonds is 2. The number of alkyl halides is 2. The average Bonchev–Trinajstić information content (AvgIpc) is 2.27. The van der Waals surface area contributed by atoms with E-state index in [-0.39, 0.29) is 23.0 Å². The van der Waals surface area contributed by atoms with E-state index in [0.717, 1.165) is 0 Å². The molecule has 0 amide bonds. The van der Waals surface area contributed by atoms with Gasteiger partial charge >= 0.3 is 0 Å². The van der Waals surface area contributed by atoms with E-state index in [4.69, 9.17) is 9.47 Å². The molecular weight excluding hydrogens is 242 g/mol. The minimum Gasteiger partial charge on any atom is -0.504 e. The summed E-state index contributed by atoms with van der Waals surface area (Å²) in [5.41, 5.74) is 0.253. The highest BCUT2D eigenvalue weighted by Gasteiger charge is 2.49. The second-order valence-electron chi connectivity index (χ2n) is 4.80. The Morgan fingerprint density at radius 2 is 2.11 bits per heavy atom. The minimum absolute atomic E-state index is 0.110. The molecule has 0 bridgehead atoms. The molecule has 0 spiro atoms. The van der Waals surface area contributed by atoms with E-state index in [2.05, 4.69) is 0 Å². The zero-order valence-corrected chi connectivity index (χ0v) is 10.5. The minimum atomic E-state index is -2.97. The van der Waals surface area contributed by atoms with Gasteiger partial charge in [0.2, 0.25) is 0 Å². The van der Waals surface area contributed by atoms with Gasteiger partial charge in [0.05, 0.1) is 13.0 Å².